The van der Waals surface area contributed by atoms with Gasteiger partial charge in [0.05, 0.1) is 24.7 Å². The lowest BCUT2D eigenvalue weighted by atomic mass is 10.3. The van der Waals surface area contributed by atoms with Gasteiger partial charge >= 0.3 is 0 Å². The van der Waals surface area contributed by atoms with Crippen LogP contribution in [0.4, 0.5) is 0 Å². The van der Waals surface area contributed by atoms with Crippen molar-refractivity contribution in [1.82, 2.24) is 10.6 Å². The number of hydrogen-bond donors (Lipinski definition) is 2. The van der Waals surface area contributed by atoms with Gasteiger partial charge in [0.1, 0.15) is 11.9 Å². The van der Waals surface area contributed by atoms with Crippen LogP contribution in [0.3, 0.4) is 0 Å². The van der Waals surface area contributed by atoms with Gasteiger partial charge in [-0.1, -0.05) is 23.7 Å². The fourth-order valence-electron chi connectivity index (χ4n) is 1.49. The largest absolute Gasteiger partial charge is 0.487 e. The molecule has 0 spiro atoms. The molecule has 5 nitrogen and oxygen atoms in total. The number of ether oxygens (including phenoxy) is 2. The number of benzene rings is 1. The number of methoxy groups -OCH3 is 1. The zero-order valence-corrected chi connectivity index (χ0v) is 13.8. The van der Waals surface area contributed by atoms with Gasteiger partial charge in [-0.05, 0) is 19.1 Å². The zero-order chi connectivity index (χ0) is 14.8. The van der Waals surface area contributed by atoms with Crippen molar-refractivity contribution >= 4 is 29.9 Å². The molecule has 120 valence electrons. The number of rotatable bonds is 9. The topological polar surface area (TPSA) is 59.6 Å². The third-order valence-electron chi connectivity index (χ3n) is 2.52. The Morgan fingerprint density at radius 3 is 2.76 bits per heavy atom. The predicted molar refractivity (Wildman–Crippen MR) is 86.5 cm³/mol. The Kier molecular flexibility index (Phi) is 11.1. The molecular formula is C14H22Cl2N2O3. The van der Waals surface area contributed by atoms with Crippen molar-refractivity contribution in [2.75, 3.05) is 33.4 Å². The van der Waals surface area contributed by atoms with Crippen LogP contribution in [-0.4, -0.2) is 45.4 Å². The van der Waals surface area contributed by atoms with Crippen molar-refractivity contribution in [3.05, 3.63) is 29.3 Å². The average Bonchev–Trinajstić information content (AvgIpc) is 2.44. The minimum absolute atomic E-state index is 0. The molecular weight excluding hydrogens is 315 g/mol. The van der Waals surface area contributed by atoms with Gasteiger partial charge < -0.3 is 20.1 Å². The number of carbonyl (C=O) groups excluding carboxylic acids is 1. The Bertz CT molecular complexity index is 419. The van der Waals surface area contributed by atoms with Crippen LogP contribution in [0.2, 0.25) is 5.02 Å². The molecule has 1 aromatic carbocycles. The van der Waals surface area contributed by atoms with E-state index in [-0.39, 0.29) is 31.0 Å². The number of para-hydroxylation sites is 1. The summed E-state index contributed by atoms with van der Waals surface area (Å²) in [6.07, 6.45) is -0.155. The first-order valence-corrected chi connectivity index (χ1v) is 6.88. The van der Waals surface area contributed by atoms with E-state index in [0.29, 0.717) is 30.5 Å². The van der Waals surface area contributed by atoms with Crippen molar-refractivity contribution in [2.45, 2.75) is 13.0 Å². The third kappa shape index (κ3) is 8.78. The minimum atomic E-state index is -0.155. The van der Waals surface area contributed by atoms with Crippen LogP contribution in [0.1, 0.15) is 6.92 Å². The maximum atomic E-state index is 11.5. The molecule has 2 N–H and O–H groups in total. The van der Waals surface area contributed by atoms with Crippen molar-refractivity contribution in [1.29, 1.82) is 0 Å². The van der Waals surface area contributed by atoms with E-state index in [1.807, 2.05) is 19.1 Å². The SMILES string of the molecule is COCCNCC(=O)NCC(C)Oc1ccccc1Cl.Cl. The summed E-state index contributed by atoms with van der Waals surface area (Å²) in [5.74, 6) is 0.546. The second kappa shape index (κ2) is 11.6. The van der Waals surface area contributed by atoms with Crippen molar-refractivity contribution in [3.63, 3.8) is 0 Å². The molecule has 0 radical (unpaired) electrons. The number of hydrogen-bond acceptors (Lipinski definition) is 4. The molecule has 1 unspecified atom stereocenters. The van der Waals surface area contributed by atoms with Crippen LogP contribution < -0.4 is 15.4 Å². The summed E-state index contributed by atoms with van der Waals surface area (Å²) in [5, 5.41) is 6.32. The summed E-state index contributed by atoms with van der Waals surface area (Å²) in [6, 6.07) is 7.26. The van der Waals surface area contributed by atoms with Gasteiger partial charge in [-0.3, -0.25) is 4.79 Å². The molecule has 21 heavy (non-hydrogen) atoms. The molecule has 0 bridgehead atoms. The monoisotopic (exact) mass is 336 g/mol. The molecule has 7 heteroatoms. The number of nitrogens with one attached hydrogen (secondary N) is 2. The summed E-state index contributed by atoms with van der Waals surface area (Å²) in [5.41, 5.74) is 0. The van der Waals surface area contributed by atoms with E-state index in [1.54, 1.807) is 19.2 Å². The Labute approximate surface area is 136 Å². The summed E-state index contributed by atoms with van der Waals surface area (Å²) in [6.45, 7) is 3.80. The first kappa shape index (κ1) is 20.0. The highest BCUT2D eigenvalue weighted by Gasteiger charge is 2.08. The normalized spacial score (nSPS) is 11.4. The second-order valence-corrected chi connectivity index (χ2v) is 4.74. The fourth-order valence-corrected chi connectivity index (χ4v) is 1.68. The Morgan fingerprint density at radius 1 is 1.38 bits per heavy atom. The highest BCUT2D eigenvalue weighted by Crippen LogP contribution is 2.23. The lowest BCUT2D eigenvalue weighted by Crippen LogP contribution is -2.39. The maximum Gasteiger partial charge on any atom is 0.234 e. The quantitative estimate of drug-likeness (QED) is 0.676. The number of halogens is 2. The summed E-state index contributed by atoms with van der Waals surface area (Å²) in [4.78, 5) is 11.5. The van der Waals surface area contributed by atoms with Gasteiger partial charge in [-0.2, -0.15) is 0 Å². The molecule has 1 atom stereocenters. The van der Waals surface area contributed by atoms with Gasteiger partial charge in [0.15, 0.2) is 0 Å². The molecule has 1 rings (SSSR count). The molecule has 0 saturated carbocycles. The van der Waals surface area contributed by atoms with Crippen LogP contribution in [0, 0.1) is 0 Å². The number of amides is 1. The smallest absolute Gasteiger partial charge is 0.234 e. The maximum absolute atomic E-state index is 11.5. The first-order chi connectivity index (χ1) is 9.63. The van der Waals surface area contributed by atoms with E-state index >= 15 is 0 Å². The third-order valence-corrected chi connectivity index (χ3v) is 2.83. The van der Waals surface area contributed by atoms with Crippen LogP contribution in [0.5, 0.6) is 5.75 Å². The van der Waals surface area contributed by atoms with Crippen LogP contribution in [-0.2, 0) is 9.53 Å². The summed E-state index contributed by atoms with van der Waals surface area (Å²) in [7, 11) is 1.62. The van der Waals surface area contributed by atoms with Crippen molar-refractivity contribution in [3.8, 4) is 5.75 Å². The average molecular weight is 337 g/mol. The van der Waals surface area contributed by atoms with Gasteiger partial charge in [0, 0.05) is 13.7 Å². The van der Waals surface area contributed by atoms with Gasteiger partial charge in [-0.25, -0.2) is 0 Å². The molecule has 0 aromatic heterocycles. The zero-order valence-electron chi connectivity index (χ0n) is 12.2. The molecule has 0 aliphatic heterocycles. The molecule has 1 amide bonds. The van der Waals surface area contributed by atoms with E-state index in [1.165, 1.54) is 0 Å². The summed E-state index contributed by atoms with van der Waals surface area (Å²) < 4.78 is 10.5. The van der Waals surface area contributed by atoms with Gasteiger partial charge in [-0.15, -0.1) is 12.4 Å². The van der Waals surface area contributed by atoms with E-state index < -0.39 is 0 Å². The Balaban J connectivity index is 0.00000400. The van der Waals surface area contributed by atoms with Crippen molar-refractivity contribution in [2.24, 2.45) is 0 Å². The minimum Gasteiger partial charge on any atom is -0.487 e. The highest BCUT2D eigenvalue weighted by atomic mass is 35.5. The molecule has 0 fully saturated rings. The highest BCUT2D eigenvalue weighted by molar-refractivity contribution is 6.32. The standard InChI is InChI=1S/C14H21ClN2O3.ClH/c1-11(20-13-6-4-3-5-12(13)15)9-17-14(18)10-16-7-8-19-2;/h3-6,11,16H,7-10H2,1-2H3,(H,17,18);1H. The van der Waals surface area contributed by atoms with Gasteiger partial charge in [0.25, 0.3) is 0 Å². The van der Waals surface area contributed by atoms with E-state index in [4.69, 9.17) is 21.1 Å². The molecule has 1 aromatic rings. The summed E-state index contributed by atoms with van der Waals surface area (Å²) >= 11 is 6.00. The van der Waals surface area contributed by atoms with Crippen LogP contribution >= 0.6 is 24.0 Å². The Hall–Kier alpha value is -1.01. The number of carbonyl (C=O) groups is 1. The first-order valence-electron chi connectivity index (χ1n) is 6.51. The van der Waals surface area contributed by atoms with Crippen LogP contribution in [0.25, 0.3) is 0 Å². The fraction of sp³-hybridized carbons (Fsp3) is 0.500. The second-order valence-electron chi connectivity index (χ2n) is 4.33. The van der Waals surface area contributed by atoms with Gasteiger partial charge in [0.2, 0.25) is 5.91 Å². The molecule has 0 saturated heterocycles. The van der Waals surface area contributed by atoms with E-state index in [0.717, 1.165) is 0 Å². The lowest BCUT2D eigenvalue weighted by molar-refractivity contribution is -0.120. The van der Waals surface area contributed by atoms with Crippen molar-refractivity contribution < 1.29 is 14.3 Å². The van der Waals surface area contributed by atoms with E-state index in [9.17, 15) is 4.79 Å². The predicted octanol–water partition coefficient (Wildman–Crippen LogP) is 1.88. The van der Waals surface area contributed by atoms with E-state index in [2.05, 4.69) is 10.6 Å². The van der Waals surface area contributed by atoms with Crippen LogP contribution in [0.15, 0.2) is 24.3 Å². The molecule has 0 aliphatic rings. The lowest BCUT2D eigenvalue weighted by Gasteiger charge is -2.16. The molecule has 0 heterocycles. The Morgan fingerprint density at radius 2 is 2.10 bits per heavy atom. The molecule has 0 aliphatic carbocycles.